The first-order valence-corrected chi connectivity index (χ1v) is 9.47. The van der Waals surface area contributed by atoms with Crippen LogP contribution in [0.4, 0.5) is 0 Å². The second-order valence-electron chi connectivity index (χ2n) is 5.98. The maximum Gasteiger partial charge on any atom is 0.343 e. The Morgan fingerprint density at radius 2 is 1.73 bits per heavy atom. The van der Waals surface area contributed by atoms with Crippen LogP contribution >= 0.6 is 23.2 Å². The van der Waals surface area contributed by atoms with Gasteiger partial charge in [0.25, 0.3) is 5.91 Å². The topological polar surface area (TPSA) is 77.0 Å². The second kappa shape index (κ2) is 9.91. The van der Waals surface area contributed by atoms with Gasteiger partial charge in [-0.15, -0.1) is 0 Å². The highest BCUT2D eigenvalue weighted by Crippen LogP contribution is 2.21. The van der Waals surface area contributed by atoms with Crippen LogP contribution in [0.15, 0.2) is 71.8 Å². The van der Waals surface area contributed by atoms with Crippen LogP contribution in [0, 0.1) is 0 Å². The molecule has 3 rings (SSSR count). The SMILES string of the molecule is COc1ccc(C(=O)Oc2ccccc2/C=N\NC(=O)c2ccc(Cl)cc2Cl)cc1. The van der Waals surface area contributed by atoms with Crippen LogP contribution in [-0.4, -0.2) is 25.2 Å². The third-order valence-electron chi connectivity index (χ3n) is 3.99. The molecule has 0 aliphatic carbocycles. The summed E-state index contributed by atoms with van der Waals surface area (Å²) in [7, 11) is 1.54. The normalized spacial score (nSPS) is 10.6. The van der Waals surface area contributed by atoms with Gasteiger partial charge in [-0.2, -0.15) is 5.10 Å². The maximum absolute atomic E-state index is 12.4. The molecule has 8 heteroatoms. The van der Waals surface area contributed by atoms with Gasteiger partial charge in [-0.25, -0.2) is 10.2 Å². The lowest BCUT2D eigenvalue weighted by atomic mass is 10.2. The molecule has 3 aromatic carbocycles. The predicted octanol–water partition coefficient (Wildman–Crippen LogP) is 4.99. The summed E-state index contributed by atoms with van der Waals surface area (Å²) in [4.78, 5) is 24.6. The van der Waals surface area contributed by atoms with Gasteiger partial charge in [0.05, 0.1) is 29.5 Å². The van der Waals surface area contributed by atoms with Crippen molar-refractivity contribution in [2.75, 3.05) is 7.11 Å². The van der Waals surface area contributed by atoms with E-state index in [4.69, 9.17) is 32.7 Å². The summed E-state index contributed by atoms with van der Waals surface area (Å²) in [6.45, 7) is 0. The average molecular weight is 443 g/mol. The number of rotatable bonds is 6. The van der Waals surface area contributed by atoms with Gasteiger partial charge in [-0.05, 0) is 54.6 Å². The maximum atomic E-state index is 12.4. The Morgan fingerprint density at radius 1 is 1.00 bits per heavy atom. The zero-order valence-electron chi connectivity index (χ0n) is 15.8. The molecule has 0 unspecified atom stereocenters. The smallest absolute Gasteiger partial charge is 0.343 e. The largest absolute Gasteiger partial charge is 0.497 e. The molecular formula is C22H16Cl2N2O4. The number of carbonyl (C=O) groups is 2. The summed E-state index contributed by atoms with van der Waals surface area (Å²) in [6, 6.07) is 17.9. The second-order valence-corrected chi connectivity index (χ2v) is 6.82. The Bertz CT molecular complexity index is 1100. The Kier molecular flexibility index (Phi) is 7.06. The van der Waals surface area contributed by atoms with Crippen LogP contribution in [0.1, 0.15) is 26.3 Å². The number of nitrogens with zero attached hydrogens (tertiary/aromatic N) is 1. The lowest BCUT2D eigenvalue weighted by Gasteiger charge is -2.08. The zero-order valence-corrected chi connectivity index (χ0v) is 17.3. The van der Waals surface area contributed by atoms with E-state index >= 15 is 0 Å². The van der Waals surface area contributed by atoms with E-state index in [1.807, 2.05) is 0 Å². The van der Waals surface area contributed by atoms with Crippen molar-refractivity contribution in [3.05, 3.63) is 93.5 Å². The number of ether oxygens (including phenoxy) is 2. The first kappa shape index (κ1) is 21.4. The van der Waals surface area contributed by atoms with Crippen molar-refractivity contribution in [2.24, 2.45) is 5.10 Å². The lowest BCUT2D eigenvalue weighted by molar-refractivity contribution is 0.0734. The predicted molar refractivity (Wildman–Crippen MR) is 116 cm³/mol. The molecule has 3 aromatic rings. The molecule has 0 radical (unpaired) electrons. The van der Waals surface area contributed by atoms with Crippen LogP contribution in [0.25, 0.3) is 0 Å². The minimum Gasteiger partial charge on any atom is -0.497 e. The van der Waals surface area contributed by atoms with Gasteiger partial charge in [0.2, 0.25) is 0 Å². The number of hydrazone groups is 1. The van der Waals surface area contributed by atoms with E-state index in [0.29, 0.717) is 27.6 Å². The summed E-state index contributed by atoms with van der Waals surface area (Å²) < 4.78 is 10.5. The molecule has 0 aromatic heterocycles. The first-order valence-electron chi connectivity index (χ1n) is 8.71. The monoisotopic (exact) mass is 442 g/mol. The standard InChI is InChI=1S/C22H16Cl2N2O4/c1-29-17-9-6-14(7-10-17)22(28)30-20-5-3-2-4-15(20)13-25-26-21(27)18-11-8-16(23)12-19(18)24/h2-13H,1H3,(H,26,27)/b25-13-. The minimum atomic E-state index is -0.532. The lowest BCUT2D eigenvalue weighted by Crippen LogP contribution is -2.18. The fourth-order valence-corrected chi connectivity index (χ4v) is 2.95. The van der Waals surface area contributed by atoms with Gasteiger partial charge < -0.3 is 9.47 Å². The molecule has 0 fully saturated rings. The van der Waals surface area contributed by atoms with Gasteiger partial charge in [-0.1, -0.05) is 35.3 Å². The van der Waals surface area contributed by atoms with Gasteiger partial charge in [0, 0.05) is 10.6 Å². The van der Waals surface area contributed by atoms with Crippen LogP contribution in [0.5, 0.6) is 11.5 Å². The summed E-state index contributed by atoms with van der Waals surface area (Å²) >= 11 is 11.8. The minimum absolute atomic E-state index is 0.212. The number of benzene rings is 3. The van der Waals surface area contributed by atoms with Crippen molar-refractivity contribution in [1.29, 1.82) is 0 Å². The van der Waals surface area contributed by atoms with Crippen molar-refractivity contribution < 1.29 is 19.1 Å². The van der Waals surface area contributed by atoms with Gasteiger partial charge >= 0.3 is 5.97 Å². The average Bonchev–Trinajstić information content (AvgIpc) is 2.75. The van der Waals surface area contributed by atoms with Gasteiger partial charge in [0.1, 0.15) is 11.5 Å². The number of hydrogen-bond acceptors (Lipinski definition) is 5. The van der Waals surface area contributed by atoms with E-state index < -0.39 is 11.9 Å². The first-order chi connectivity index (χ1) is 14.5. The summed E-state index contributed by atoms with van der Waals surface area (Å²) in [5.41, 5.74) is 3.49. The molecule has 0 bridgehead atoms. The van der Waals surface area contributed by atoms with E-state index in [0.717, 1.165) is 0 Å². The van der Waals surface area contributed by atoms with Crippen molar-refractivity contribution in [2.45, 2.75) is 0 Å². The molecule has 30 heavy (non-hydrogen) atoms. The Labute approximate surface area is 183 Å². The summed E-state index contributed by atoms with van der Waals surface area (Å²) in [6.07, 6.45) is 1.37. The van der Waals surface area contributed by atoms with Crippen molar-refractivity contribution >= 4 is 41.3 Å². The van der Waals surface area contributed by atoms with E-state index in [2.05, 4.69) is 10.5 Å². The number of halogens is 2. The van der Waals surface area contributed by atoms with Crippen LogP contribution < -0.4 is 14.9 Å². The number of esters is 1. The van der Waals surface area contributed by atoms with Crippen molar-refractivity contribution in [1.82, 2.24) is 5.43 Å². The van der Waals surface area contributed by atoms with E-state index in [1.54, 1.807) is 61.7 Å². The molecule has 152 valence electrons. The zero-order chi connectivity index (χ0) is 21.5. The molecule has 0 aliphatic rings. The third-order valence-corrected chi connectivity index (χ3v) is 4.54. The van der Waals surface area contributed by atoms with Crippen molar-refractivity contribution in [3.63, 3.8) is 0 Å². The Hall–Kier alpha value is -3.35. The van der Waals surface area contributed by atoms with Gasteiger partial charge in [0.15, 0.2) is 0 Å². The molecule has 0 aliphatic heterocycles. The fraction of sp³-hybridized carbons (Fsp3) is 0.0455. The number of carbonyl (C=O) groups excluding carboxylic acids is 2. The number of amides is 1. The molecule has 0 saturated carbocycles. The molecule has 6 nitrogen and oxygen atoms in total. The highest BCUT2D eigenvalue weighted by Gasteiger charge is 2.12. The number of nitrogens with one attached hydrogen (secondary N) is 1. The highest BCUT2D eigenvalue weighted by atomic mass is 35.5. The Balaban J connectivity index is 1.70. The van der Waals surface area contributed by atoms with Gasteiger partial charge in [-0.3, -0.25) is 4.79 Å². The molecule has 0 atom stereocenters. The molecule has 1 amide bonds. The number of hydrogen-bond donors (Lipinski definition) is 1. The van der Waals surface area contributed by atoms with E-state index in [-0.39, 0.29) is 10.6 Å². The van der Waals surface area contributed by atoms with Crippen LogP contribution in [0.3, 0.4) is 0 Å². The fourth-order valence-electron chi connectivity index (χ4n) is 2.46. The number of methoxy groups -OCH3 is 1. The van der Waals surface area contributed by atoms with Crippen molar-refractivity contribution in [3.8, 4) is 11.5 Å². The van der Waals surface area contributed by atoms with Crippen LogP contribution in [0.2, 0.25) is 10.0 Å². The molecule has 0 heterocycles. The highest BCUT2D eigenvalue weighted by molar-refractivity contribution is 6.36. The molecule has 0 saturated heterocycles. The van der Waals surface area contributed by atoms with E-state index in [9.17, 15) is 9.59 Å². The van der Waals surface area contributed by atoms with Crippen LogP contribution in [-0.2, 0) is 0 Å². The quantitative estimate of drug-likeness (QED) is 0.252. The molecule has 1 N–H and O–H groups in total. The Morgan fingerprint density at radius 3 is 2.43 bits per heavy atom. The van der Waals surface area contributed by atoms with E-state index in [1.165, 1.54) is 18.3 Å². The third kappa shape index (κ3) is 5.37. The molecular weight excluding hydrogens is 427 g/mol. The molecule has 0 spiro atoms. The summed E-state index contributed by atoms with van der Waals surface area (Å²) in [5, 5.41) is 4.56. The number of para-hydroxylation sites is 1. The summed E-state index contributed by atoms with van der Waals surface area (Å²) in [5.74, 6) is -0.104.